The van der Waals surface area contributed by atoms with E-state index in [4.69, 9.17) is 4.74 Å². The van der Waals surface area contributed by atoms with Gasteiger partial charge in [-0.25, -0.2) is 4.79 Å². The number of carbonyl (C=O) groups excluding carboxylic acids is 2. The van der Waals surface area contributed by atoms with Gasteiger partial charge in [-0.1, -0.05) is 20.8 Å². The lowest BCUT2D eigenvalue weighted by Gasteiger charge is -2.17. The summed E-state index contributed by atoms with van der Waals surface area (Å²) in [7, 11) is 1.12. The van der Waals surface area contributed by atoms with E-state index >= 15 is 0 Å². The third-order valence-electron chi connectivity index (χ3n) is 3.37. The average molecular weight is 320 g/mol. The van der Waals surface area contributed by atoms with Crippen LogP contribution in [0.1, 0.15) is 49.8 Å². The predicted octanol–water partition coefficient (Wildman–Crippen LogP) is 3.55. The molecule has 5 nitrogen and oxygen atoms in total. The maximum absolute atomic E-state index is 11.6. The van der Waals surface area contributed by atoms with Crippen molar-refractivity contribution in [2.45, 2.75) is 40.0 Å². The molecule has 0 heterocycles. The van der Waals surface area contributed by atoms with Gasteiger partial charge >= 0.3 is 5.97 Å². The van der Waals surface area contributed by atoms with E-state index in [1.807, 2.05) is 33.8 Å². The highest BCUT2D eigenvalue weighted by atomic mass is 16.5. The van der Waals surface area contributed by atoms with Gasteiger partial charge in [-0.05, 0) is 42.5 Å². The molecular weight excluding hydrogens is 296 g/mol. The molecule has 0 aromatic heterocycles. The summed E-state index contributed by atoms with van der Waals surface area (Å²) in [5, 5.41) is 10.2. The van der Waals surface area contributed by atoms with Crippen molar-refractivity contribution in [3.05, 3.63) is 34.9 Å². The largest absolute Gasteiger partial charge is 0.507 e. The molecule has 0 saturated heterocycles. The van der Waals surface area contributed by atoms with Crippen LogP contribution in [-0.2, 0) is 14.3 Å². The first-order valence-corrected chi connectivity index (χ1v) is 7.62. The highest BCUT2D eigenvalue weighted by molar-refractivity contribution is 6.39. The summed E-state index contributed by atoms with van der Waals surface area (Å²) in [5.74, 6) is -1.22. The van der Waals surface area contributed by atoms with Gasteiger partial charge in [0, 0.05) is 11.6 Å². The Morgan fingerprint density at radius 3 is 2.48 bits per heavy atom. The second kappa shape index (κ2) is 8.36. The van der Waals surface area contributed by atoms with E-state index in [0.717, 1.165) is 36.5 Å². The number of esters is 1. The molecule has 23 heavy (non-hydrogen) atoms. The van der Waals surface area contributed by atoms with Crippen LogP contribution >= 0.6 is 0 Å². The second-order valence-corrected chi connectivity index (χ2v) is 5.59. The zero-order valence-electron chi connectivity index (χ0n) is 14.3. The quantitative estimate of drug-likeness (QED) is 0.360. The molecule has 1 aromatic rings. The van der Waals surface area contributed by atoms with E-state index in [-0.39, 0.29) is 11.7 Å². The maximum Gasteiger partial charge on any atom is 0.378 e. The van der Waals surface area contributed by atoms with E-state index in [2.05, 4.69) is 4.74 Å². The van der Waals surface area contributed by atoms with E-state index in [9.17, 15) is 14.7 Å². The minimum atomic E-state index is -1.01. The first kappa shape index (κ1) is 18.7. The smallest absolute Gasteiger partial charge is 0.378 e. The summed E-state index contributed by atoms with van der Waals surface area (Å²) in [6, 6.07) is 3.63. The zero-order chi connectivity index (χ0) is 17.6. The third-order valence-corrected chi connectivity index (χ3v) is 3.37. The average Bonchev–Trinajstić information content (AvgIpc) is 2.51. The van der Waals surface area contributed by atoms with Crippen molar-refractivity contribution in [1.29, 1.82) is 0 Å². The SMILES string of the molecule is CCCOc1cc(C)c(/C(O)=C/C(=O)C(=O)OC)cc1C(C)C. The Labute approximate surface area is 136 Å². The molecule has 5 heteroatoms. The number of aliphatic hydroxyl groups is 1. The molecule has 1 N–H and O–H groups in total. The van der Waals surface area contributed by atoms with E-state index in [1.165, 1.54) is 0 Å². The van der Waals surface area contributed by atoms with Crippen LogP contribution in [-0.4, -0.2) is 30.6 Å². The highest BCUT2D eigenvalue weighted by Gasteiger charge is 2.17. The van der Waals surface area contributed by atoms with Crippen LogP contribution < -0.4 is 4.74 Å². The van der Waals surface area contributed by atoms with Crippen molar-refractivity contribution >= 4 is 17.5 Å². The lowest BCUT2D eigenvalue weighted by atomic mass is 9.95. The van der Waals surface area contributed by atoms with Crippen LogP contribution in [0.25, 0.3) is 5.76 Å². The van der Waals surface area contributed by atoms with Crippen LogP contribution in [0.15, 0.2) is 18.2 Å². The van der Waals surface area contributed by atoms with Crippen molar-refractivity contribution in [3.63, 3.8) is 0 Å². The number of benzene rings is 1. The maximum atomic E-state index is 11.6. The molecule has 126 valence electrons. The molecule has 0 saturated carbocycles. The summed E-state index contributed by atoms with van der Waals surface area (Å²) < 4.78 is 10.1. The van der Waals surface area contributed by atoms with E-state index in [1.54, 1.807) is 6.07 Å². The van der Waals surface area contributed by atoms with Gasteiger partial charge in [0.05, 0.1) is 13.7 Å². The van der Waals surface area contributed by atoms with Gasteiger partial charge in [-0.3, -0.25) is 4.79 Å². The Balaban J connectivity index is 3.26. The van der Waals surface area contributed by atoms with Gasteiger partial charge in [-0.2, -0.15) is 0 Å². The van der Waals surface area contributed by atoms with Gasteiger partial charge < -0.3 is 14.6 Å². The molecule has 0 bridgehead atoms. The molecular formula is C18H24O5. The van der Waals surface area contributed by atoms with Crippen LogP contribution in [0, 0.1) is 6.92 Å². The number of aliphatic hydroxyl groups excluding tert-OH is 1. The first-order chi connectivity index (χ1) is 10.8. The lowest BCUT2D eigenvalue weighted by molar-refractivity contribution is -0.149. The molecule has 0 atom stereocenters. The molecule has 1 rings (SSSR count). The topological polar surface area (TPSA) is 72.8 Å². The number of hydrogen-bond donors (Lipinski definition) is 1. The first-order valence-electron chi connectivity index (χ1n) is 7.62. The van der Waals surface area contributed by atoms with Gasteiger partial charge in [0.1, 0.15) is 11.5 Å². The standard InChI is InChI=1S/C18H24O5/c1-6-7-23-17-8-12(4)14(9-13(17)11(2)3)15(19)10-16(20)18(21)22-5/h8-11,19H,6-7H2,1-5H3/b15-10-. The monoisotopic (exact) mass is 320 g/mol. The number of hydrogen-bond acceptors (Lipinski definition) is 5. The number of ether oxygens (including phenoxy) is 2. The number of rotatable bonds is 7. The Morgan fingerprint density at radius 2 is 1.96 bits per heavy atom. The fraction of sp³-hybridized carbons (Fsp3) is 0.444. The van der Waals surface area contributed by atoms with Crippen molar-refractivity contribution in [2.24, 2.45) is 0 Å². The fourth-order valence-electron chi connectivity index (χ4n) is 2.12. The van der Waals surface area contributed by atoms with Crippen LogP contribution in [0.2, 0.25) is 0 Å². The number of ketones is 1. The fourth-order valence-corrected chi connectivity index (χ4v) is 2.12. The second-order valence-electron chi connectivity index (χ2n) is 5.59. The molecule has 1 aromatic carbocycles. The Hall–Kier alpha value is -2.30. The summed E-state index contributed by atoms with van der Waals surface area (Å²) in [6.45, 7) is 8.50. The normalized spacial score (nSPS) is 11.5. The van der Waals surface area contributed by atoms with Gasteiger partial charge in [-0.15, -0.1) is 0 Å². The highest BCUT2D eigenvalue weighted by Crippen LogP contribution is 2.32. The summed E-state index contributed by atoms with van der Waals surface area (Å²) >= 11 is 0. The van der Waals surface area contributed by atoms with Crippen molar-refractivity contribution < 1.29 is 24.2 Å². The van der Waals surface area contributed by atoms with Crippen LogP contribution in [0.3, 0.4) is 0 Å². The molecule has 0 radical (unpaired) electrons. The van der Waals surface area contributed by atoms with Crippen LogP contribution in [0.4, 0.5) is 0 Å². The zero-order valence-corrected chi connectivity index (χ0v) is 14.3. The molecule has 0 aliphatic heterocycles. The Kier molecular flexibility index (Phi) is 6.82. The van der Waals surface area contributed by atoms with E-state index < -0.39 is 11.8 Å². The van der Waals surface area contributed by atoms with Gasteiger partial charge in [0.15, 0.2) is 0 Å². The minimum Gasteiger partial charge on any atom is -0.507 e. The summed E-state index contributed by atoms with van der Waals surface area (Å²) in [5.41, 5.74) is 2.19. The van der Waals surface area contributed by atoms with Crippen LogP contribution in [0.5, 0.6) is 5.75 Å². The van der Waals surface area contributed by atoms with Gasteiger partial charge in [0.2, 0.25) is 0 Å². The predicted molar refractivity (Wildman–Crippen MR) is 88.7 cm³/mol. The third kappa shape index (κ3) is 4.84. The number of carbonyl (C=O) groups is 2. The summed E-state index contributed by atoms with van der Waals surface area (Å²) in [6.07, 6.45) is 1.78. The van der Waals surface area contributed by atoms with Gasteiger partial charge in [0.25, 0.3) is 5.78 Å². The lowest BCUT2D eigenvalue weighted by Crippen LogP contribution is -2.13. The van der Waals surface area contributed by atoms with Crippen molar-refractivity contribution in [3.8, 4) is 5.75 Å². The summed E-state index contributed by atoms with van der Waals surface area (Å²) in [4.78, 5) is 22.7. The van der Waals surface area contributed by atoms with E-state index in [0.29, 0.717) is 12.2 Å². The minimum absolute atomic E-state index is 0.185. The molecule has 0 aliphatic rings. The Morgan fingerprint density at radius 1 is 1.30 bits per heavy atom. The molecule has 0 amide bonds. The van der Waals surface area contributed by atoms with Crippen molar-refractivity contribution in [1.82, 2.24) is 0 Å². The molecule has 0 unspecified atom stereocenters. The molecule has 0 fully saturated rings. The van der Waals surface area contributed by atoms with Crippen molar-refractivity contribution in [2.75, 3.05) is 13.7 Å². The number of aryl methyl sites for hydroxylation is 1. The number of methoxy groups -OCH3 is 1. The Bertz CT molecular complexity index is 614. The molecule has 0 aliphatic carbocycles. The molecule has 0 spiro atoms.